The summed E-state index contributed by atoms with van der Waals surface area (Å²) in [5.74, 6) is 0.906. The van der Waals surface area contributed by atoms with Crippen molar-refractivity contribution in [3.8, 4) is 10.7 Å². The van der Waals surface area contributed by atoms with Crippen LogP contribution in [0, 0.1) is 11.7 Å². The Balaban J connectivity index is 2.58. The van der Waals surface area contributed by atoms with E-state index in [1.54, 1.807) is 11.3 Å². The van der Waals surface area contributed by atoms with Gasteiger partial charge in [-0.15, -0.1) is 11.3 Å². The van der Waals surface area contributed by atoms with E-state index in [9.17, 15) is 0 Å². The largest absolute Gasteiger partial charge is 0.303 e. The third-order valence-corrected chi connectivity index (χ3v) is 3.20. The molecule has 0 saturated heterocycles. The topological polar surface area (TPSA) is 33.6 Å². The molecule has 0 bridgehead atoms. The van der Waals surface area contributed by atoms with Crippen molar-refractivity contribution in [1.29, 1.82) is 0 Å². The minimum atomic E-state index is 0.654. The molecule has 0 amide bonds. The summed E-state index contributed by atoms with van der Waals surface area (Å²) in [5.41, 5.74) is 0. The maximum absolute atomic E-state index is 5.03. The molecule has 0 aromatic carbocycles. The van der Waals surface area contributed by atoms with Crippen LogP contribution in [0.4, 0.5) is 0 Å². The SMILES string of the molecule is Cc1ccc(-c2n[nH]c(=S)n2C)s1. The van der Waals surface area contributed by atoms with Gasteiger partial charge in [0.25, 0.3) is 0 Å². The van der Waals surface area contributed by atoms with Crippen molar-refractivity contribution in [3.05, 3.63) is 21.8 Å². The Labute approximate surface area is 85.0 Å². The first-order valence-electron chi connectivity index (χ1n) is 3.86. The minimum Gasteiger partial charge on any atom is -0.303 e. The number of hydrogen-bond acceptors (Lipinski definition) is 3. The second-order valence-electron chi connectivity index (χ2n) is 2.82. The van der Waals surface area contributed by atoms with Crippen LogP contribution in [-0.2, 0) is 7.05 Å². The lowest BCUT2D eigenvalue weighted by atomic mass is 10.4. The van der Waals surface area contributed by atoms with Gasteiger partial charge in [-0.2, -0.15) is 5.10 Å². The van der Waals surface area contributed by atoms with E-state index in [0.29, 0.717) is 4.77 Å². The summed E-state index contributed by atoms with van der Waals surface area (Å²) in [6, 6.07) is 4.14. The molecule has 2 aromatic rings. The summed E-state index contributed by atoms with van der Waals surface area (Å²) >= 11 is 6.75. The van der Waals surface area contributed by atoms with E-state index in [1.807, 2.05) is 11.6 Å². The Hall–Kier alpha value is -0.940. The molecule has 0 aliphatic heterocycles. The number of aromatic nitrogens is 3. The Bertz CT molecular complexity index is 478. The van der Waals surface area contributed by atoms with Gasteiger partial charge in [0.05, 0.1) is 4.88 Å². The number of H-pyrrole nitrogens is 1. The van der Waals surface area contributed by atoms with Crippen LogP contribution in [-0.4, -0.2) is 14.8 Å². The molecule has 0 radical (unpaired) electrons. The van der Waals surface area contributed by atoms with Crippen molar-refractivity contribution in [2.75, 3.05) is 0 Å². The number of aryl methyl sites for hydroxylation is 1. The third kappa shape index (κ3) is 1.45. The lowest BCUT2D eigenvalue weighted by Gasteiger charge is -1.94. The maximum Gasteiger partial charge on any atom is 0.195 e. The predicted octanol–water partition coefficient (Wildman–Crippen LogP) is 2.51. The van der Waals surface area contributed by atoms with Gasteiger partial charge >= 0.3 is 0 Å². The van der Waals surface area contributed by atoms with Crippen LogP contribution in [0.25, 0.3) is 10.7 Å². The van der Waals surface area contributed by atoms with Crippen LogP contribution in [0.2, 0.25) is 0 Å². The standard InChI is InChI=1S/C8H9N3S2/c1-5-3-4-6(13-5)7-9-10-8(12)11(7)2/h3-4H,1-2H3,(H,10,12). The molecule has 0 unspecified atom stereocenters. The first kappa shape index (κ1) is 8.65. The number of thiophene rings is 1. The molecule has 0 atom stereocenters. The van der Waals surface area contributed by atoms with Crippen LogP contribution in [0.5, 0.6) is 0 Å². The molecule has 0 aliphatic carbocycles. The fourth-order valence-corrected chi connectivity index (χ4v) is 2.15. The van der Waals surface area contributed by atoms with Crippen LogP contribution < -0.4 is 0 Å². The van der Waals surface area contributed by atoms with Gasteiger partial charge in [0.2, 0.25) is 0 Å². The van der Waals surface area contributed by atoms with Crippen LogP contribution in [0.15, 0.2) is 12.1 Å². The molecular formula is C8H9N3S2. The van der Waals surface area contributed by atoms with E-state index < -0.39 is 0 Å². The van der Waals surface area contributed by atoms with E-state index in [-0.39, 0.29) is 0 Å². The fraction of sp³-hybridized carbons (Fsp3) is 0.250. The van der Waals surface area contributed by atoms with Gasteiger partial charge in [-0.05, 0) is 31.3 Å². The highest BCUT2D eigenvalue weighted by Gasteiger charge is 2.06. The molecule has 2 heterocycles. The average molecular weight is 211 g/mol. The Morgan fingerprint density at radius 1 is 1.54 bits per heavy atom. The molecule has 0 saturated carbocycles. The number of hydrogen-bond donors (Lipinski definition) is 1. The second kappa shape index (κ2) is 3.08. The second-order valence-corrected chi connectivity index (χ2v) is 4.50. The summed E-state index contributed by atoms with van der Waals surface area (Å²) in [5, 5.41) is 6.92. The van der Waals surface area contributed by atoms with E-state index in [2.05, 4.69) is 29.3 Å². The summed E-state index contributed by atoms with van der Waals surface area (Å²) < 4.78 is 2.53. The van der Waals surface area contributed by atoms with Gasteiger partial charge in [0.15, 0.2) is 10.6 Å². The van der Waals surface area contributed by atoms with Crippen molar-refractivity contribution >= 4 is 23.6 Å². The highest BCUT2D eigenvalue weighted by Crippen LogP contribution is 2.25. The number of nitrogens with zero attached hydrogens (tertiary/aromatic N) is 2. The zero-order valence-electron chi connectivity index (χ0n) is 7.37. The van der Waals surface area contributed by atoms with Crippen LogP contribution in [0.1, 0.15) is 4.88 Å². The molecule has 2 aromatic heterocycles. The van der Waals surface area contributed by atoms with Crippen molar-refractivity contribution in [1.82, 2.24) is 14.8 Å². The maximum atomic E-state index is 5.03. The molecule has 0 spiro atoms. The molecule has 3 nitrogen and oxygen atoms in total. The summed E-state index contributed by atoms with van der Waals surface area (Å²) in [4.78, 5) is 2.43. The van der Waals surface area contributed by atoms with Gasteiger partial charge in [-0.1, -0.05) is 0 Å². The van der Waals surface area contributed by atoms with E-state index in [0.717, 1.165) is 10.7 Å². The van der Waals surface area contributed by atoms with E-state index in [4.69, 9.17) is 12.2 Å². The highest BCUT2D eigenvalue weighted by molar-refractivity contribution is 7.71. The highest BCUT2D eigenvalue weighted by atomic mass is 32.1. The first-order chi connectivity index (χ1) is 6.18. The van der Waals surface area contributed by atoms with Crippen molar-refractivity contribution in [2.24, 2.45) is 7.05 Å². The quantitative estimate of drug-likeness (QED) is 0.735. The first-order valence-corrected chi connectivity index (χ1v) is 5.09. The summed E-state index contributed by atoms with van der Waals surface area (Å²) in [7, 11) is 1.91. The van der Waals surface area contributed by atoms with Gasteiger partial charge in [-0.25, -0.2) is 0 Å². The molecule has 5 heteroatoms. The summed E-state index contributed by atoms with van der Waals surface area (Å²) in [6.07, 6.45) is 0. The predicted molar refractivity (Wildman–Crippen MR) is 56.4 cm³/mol. The Kier molecular flexibility index (Phi) is 2.05. The van der Waals surface area contributed by atoms with Gasteiger partial charge in [-0.3, -0.25) is 5.10 Å². The fourth-order valence-electron chi connectivity index (χ4n) is 1.12. The number of nitrogens with one attached hydrogen (secondary N) is 1. The third-order valence-electron chi connectivity index (χ3n) is 1.84. The van der Waals surface area contributed by atoms with Gasteiger partial charge in [0.1, 0.15) is 0 Å². The Morgan fingerprint density at radius 2 is 2.31 bits per heavy atom. The van der Waals surface area contributed by atoms with E-state index >= 15 is 0 Å². The van der Waals surface area contributed by atoms with Crippen molar-refractivity contribution < 1.29 is 0 Å². The molecule has 0 fully saturated rings. The normalized spacial score (nSPS) is 10.6. The molecule has 2 rings (SSSR count). The molecule has 1 N–H and O–H groups in total. The molecular weight excluding hydrogens is 202 g/mol. The van der Waals surface area contributed by atoms with Gasteiger partial charge in [0, 0.05) is 11.9 Å². The summed E-state index contributed by atoms with van der Waals surface area (Å²) in [6.45, 7) is 2.08. The number of rotatable bonds is 1. The molecule has 0 aliphatic rings. The monoisotopic (exact) mass is 211 g/mol. The van der Waals surface area contributed by atoms with Crippen LogP contribution in [0.3, 0.4) is 0 Å². The molecule has 68 valence electrons. The Morgan fingerprint density at radius 3 is 2.77 bits per heavy atom. The van der Waals surface area contributed by atoms with Crippen molar-refractivity contribution in [3.63, 3.8) is 0 Å². The van der Waals surface area contributed by atoms with Crippen molar-refractivity contribution in [2.45, 2.75) is 6.92 Å². The van der Waals surface area contributed by atoms with Crippen LogP contribution >= 0.6 is 23.6 Å². The van der Waals surface area contributed by atoms with E-state index in [1.165, 1.54) is 4.88 Å². The minimum absolute atomic E-state index is 0.654. The lowest BCUT2D eigenvalue weighted by molar-refractivity contribution is 0.904. The lowest BCUT2D eigenvalue weighted by Crippen LogP contribution is -1.89. The smallest absolute Gasteiger partial charge is 0.195 e. The van der Waals surface area contributed by atoms with Gasteiger partial charge < -0.3 is 4.57 Å². The average Bonchev–Trinajstić information content (AvgIpc) is 2.62. The zero-order valence-corrected chi connectivity index (χ0v) is 9.00. The zero-order chi connectivity index (χ0) is 9.42. The number of aromatic amines is 1. The molecule has 13 heavy (non-hydrogen) atoms.